The minimum absolute atomic E-state index is 0.243. The molecule has 3 atom stereocenters. The van der Waals surface area contributed by atoms with Gasteiger partial charge in [-0.2, -0.15) is 13.2 Å². The van der Waals surface area contributed by atoms with E-state index in [4.69, 9.17) is 23.9 Å². The number of halogens is 3. The Morgan fingerprint density at radius 2 is 1.97 bits per heavy atom. The number of alkyl halides is 3. The first-order valence-electron chi connectivity index (χ1n) is 9.86. The Labute approximate surface area is 167 Å². The maximum absolute atomic E-state index is 10.6. The number of hydrogen-bond donors (Lipinski definition) is 1. The summed E-state index contributed by atoms with van der Waals surface area (Å²) in [6.45, 7) is 7.67. The number of ether oxygens (including phenoxy) is 2. The van der Waals surface area contributed by atoms with E-state index >= 15 is 0 Å². The van der Waals surface area contributed by atoms with E-state index in [0.29, 0.717) is 6.04 Å². The number of fused-ring (bicyclic) bond motifs is 1. The maximum Gasteiger partial charge on any atom is 0.490 e. The van der Waals surface area contributed by atoms with Crippen LogP contribution >= 0.6 is 0 Å². The van der Waals surface area contributed by atoms with Gasteiger partial charge in [0.2, 0.25) is 0 Å². The predicted molar refractivity (Wildman–Crippen MR) is 95.3 cm³/mol. The van der Waals surface area contributed by atoms with Gasteiger partial charge in [-0.15, -0.1) is 0 Å². The lowest BCUT2D eigenvalue weighted by atomic mass is 10.1. The lowest BCUT2D eigenvalue weighted by Gasteiger charge is -2.39. The summed E-state index contributed by atoms with van der Waals surface area (Å²) in [5.74, 6) is -0.992. The fourth-order valence-electron chi connectivity index (χ4n) is 3.84. The van der Waals surface area contributed by atoms with E-state index in [2.05, 4.69) is 10.1 Å². The highest BCUT2D eigenvalue weighted by Gasteiger charge is 2.44. The van der Waals surface area contributed by atoms with Crippen molar-refractivity contribution in [2.24, 2.45) is 5.92 Å². The van der Waals surface area contributed by atoms with Crippen molar-refractivity contribution < 1.29 is 37.1 Å². The van der Waals surface area contributed by atoms with Crippen molar-refractivity contribution in [1.82, 2.24) is 10.1 Å². The number of aryl methyl sites for hydroxylation is 2. The fourth-order valence-corrected chi connectivity index (χ4v) is 3.84. The molecule has 2 saturated carbocycles. The molecule has 1 saturated heterocycles. The minimum atomic E-state index is -5.08. The number of hydrogen-bond acceptors (Lipinski definition) is 6. The third kappa shape index (κ3) is 5.70. The highest BCUT2D eigenvalue weighted by molar-refractivity contribution is 5.73. The second kappa shape index (κ2) is 9.01. The molecule has 0 bridgehead atoms. The van der Waals surface area contributed by atoms with Gasteiger partial charge in [0.25, 0.3) is 0 Å². The molecule has 1 aromatic rings. The number of nitrogens with zero attached hydrogens (tertiary/aromatic N) is 2. The van der Waals surface area contributed by atoms with Gasteiger partial charge in [-0.05, 0) is 45.4 Å². The molecule has 10 heteroatoms. The summed E-state index contributed by atoms with van der Waals surface area (Å²) in [6, 6.07) is 0.478. The van der Waals surface area contributed by atoms with Crippen LogP contribution in [-0.2, 0) is 20.8 Å². The molecule has 0 unspecified atom stereocenters. The molecule has 3 fully saturated rings. The van der Waals surface area contributed by atoms with Gasteiger partial charge in [0.15, 0.2) is 0 Å². The van der Waals surface area contributed by atoms with Crippen LogP contribution in [0.5, 0.6) is 0 Å². The van der Waals surface area contributed by atoms with Crippen LogP contribution < -0.4 is 0 Å². The number of carboxylic acid groups (broad SMARTS) is 1. The van der Waals surface area contributed by atoms with Gasteiger partial charge in [0, 0.05) is 31.3 Å². The lowest BCUT2D eigenvalue weighted by Crippen LogP contribution is -2.51. The van der Waals surface area contributed by atoms with Crippen molar-refractivity contribution >= 4 is 5.97 Å². The molecule has 2 heterocycles. The van der Waals surface area contributed by atoms with Gasteiger partial charge in [0.05, 0.1) is 24.5 Å². The molecule has 1 N–H and O–H groups in total. The van der Waals surface area contributed by atoms with E-state index in [-0.39, 0.29) is 12.2 Å². The van der Waals surface area contributed by atoms with Gasteiger partial charge in [-0.1, -0.05) is 5.16 Å². The van der Waals surface area contributed by atoms with Gasteiger partial charge in [0.1, 0.15) is 5.76 Å². The molecule has 0 radical (unpaired) electrons. The van der Waals surface area contributed by atoms with Crippen LogP contribution in [0.25, 0.3) is 0 Å². The zero-order chi connectivity index (χ0) is 21.2. The molecule has 1 aliphatic heterocycles. The Morgan fingerprint density at radius 3 is 2.52 bits per heavy atom. The quantitative estimate of drug-likeness (QED) is 0.784. The van der Waals surface area contributed by atoms with Crippen LogP contribution in [0.15, 0.2) is 4.52 Å². The van der Waals surface area contributed by atoms with Crippen molar-refractivity contribution in [1.29, 1.82) is 0 Å². The van der Waals surface area contributed by atoms with Crippen molar-refractivity contribution in [3.05, 3.63) is 17.0 Å². The molecule has 7 nitrogen and oxygen atoms in total. The van der Waals surface area contributed by atoms with Gasteiger partial charge >= 0.3 is 12.1 Å². The molecule has 164 valence electrons. The molecular weight excluding hydrogens is 393 g/mol. The number of rotatable bonds is 5. The summed E-state index contributed by atoms with van der Waals surface area (Å²) >= 11 is 0. The third-order valence-electron chi connectivity index (χ3n) is 5.68. The largest absolute Gasteiger partial charge is 0.490 e. The maximum atomic E-state index is 10.6. The van der Waals surface area contributed by atoms with E-state index in [0.717, 1.165) is 50.1 Å². The highest BCUT2D eigenvalue weighted by atomic mass is 19.4. The zero-order valence-corrected chi connectivity index (χ0v) is 16.6. The zero-order valence-electron chi connectivity index (χ0n) is 16.6. The normalized spacial score (nSPS) is 27.3. The number of aliphatic carboxylic acids is 1. The van der Waals surface area contributed by atoms with E-state index in [1.165, 1.54) is 24.8 Å². The highest BCUT2D eigenvalue weighted by Crippen LogP contribution is 2.36. The monoisotopic (exact) mass is 420 g/mol. The smallest absolute Gasteiger partial charge is 0.475 e. The van der Waals surface area contributed by atoms with Crippen LogP contribution in [-0.4, -0.2) is 65.3 Å². The standard InChI is InChI=1S/C17H26N2O3.C2HF3O2/c1-11-14(12(2)22-18-11)9-19-7-8-20-17-15(19)5-6-16(17)21-10-13-3-4-13;3-2(4,5)1(6)7/h13,15-17H,3-10H2,1-2H3;(H,6,7)/t15-,16+,17+;/m0./s1. The topological polar surface area (TPSA) is 85.0 Å². The van der Waals surface area contributed by atoms with Gasteiger partial charge < -0.3 is 19.1 Å². The molecular formula is C19H27F3N2O5. The Bertz CT molecular complexity index is 685. The summed E-state index contributed by atoms with van der Waals surface area (Å²) in [7, 11) is 0. The van der Waals surface area contributed by atoms with Crippen molar-refractivity contribution in [2.45, 2.75) is 70.5 Å². The number of aromatic nitrogens is 1. The van der Waals surface area contributed by atoms with Crippen molar-refractivity contribution in [2.75, 3.05) is 19.8 Å². The van der Waals surface area contributed by atoms with E-state index in [1.807, 2.05) is 13.8 Å². The number of morpholine rings is 1. The Balaban J connectivity index is 0.000000298. The van der Waals surface area contributed by atoms with Gasteiger partial charge in [-0.25, -0.2) is 4.79 Å². The SMILES string of the molecule is Cc1noc(C)c1CN1CCO[C@H]2[C@H](OCC3CC3)CC[C@@H]21.O=C(O)C(F)(F)F. The molecule has 2 aliphatic carbocycles. The van der Waals surface area contributed by atoms with Crippen LogP contribution in [0, 0.1) is 19.8 Å². The van der Waals surface area contributed by atoms with Crippen molar-refractivity contribution in [3.63, 3.8) is 0 Å². The predicted octanol–water partition coefficient (Wildman–Crippen LogP) is 3.08. The first-order valence-corrected chi connectivity index (χ1v) is 9.86. The second-order valence-electron chi connectivity index (χ2n) is 7.87. The molecule has 0 spiro atoms. The average molecular weight is 420 g/mol. The van der Waals surface area contributed by atoms with Gasteiger partial charge in [-0.3, -0.25) is 4.90 Å². The molecule has 29 heavy (non-hydrogen) atoms. The average Bonchev–Trinajstić information content (AvgIpc) is 3.32. The summed E-state index contributed by atoms with van der Waals surface area (Å²) in [6.07, 6.45) is 0.439. The first-order chi connectivity index (χ1) is 13.7. The fraction of sp³-hybridized carbons (Fsp3) is 0.789. The Hall–Kier alpha value is -1.65. The van der Waals surface area contributed by atoms with Crippen molar-refractivity contribution in [3.8, 4) is 0 Å². The number of carbonyl (C=O) groups is 1. The molecule has 1 aromatic heterocycles. The number of carboxylic acids is 1. The Morgan fingerprint density at radius 1 is 1.28 bits per heavy atom. The lowest BCUT2D eigenvalue weighted by molar-refractivity contribution is -0.192. The second-order valence-corrected chi connectivity index (χ2v) is 7.87. The van der Waals surface area contributed by atoms with Crippen LogP contribution in [0.4, 0.5) is 13.2 Å². The van der Waals surface area contributed by atoms with Crippen LogP contribution in [0.1, 0.15) is 42.7 Å². The molecule has 4 rings (SSSR count). The molecule has 0 amide bonds. The van der Waals surface area contributed by atoms with E-state index in [9.17, 15) is 13.2 Å². The summed E-state index contributed by atoms with van der Waals surface area (Å²) in [4.78, 5) is 11.4. The minimum Gasteiger partial charge on any atom is -0.475 e. The first kappa shape index (κ1) is 22.0. The van der Waals surface area contributed by atoms with E-state index < -0.39 is 12.1 Å². The Kier molecular flexibility index (Phi) is 6.85. The summed E-state index contributed by atoms with van der Waals surface area (Å²) in [5.41, 5.74) is 2.25. The third-order valence-corrected chi connectivity index (χ3v) is 5.68. The summed E-state index contributed by atoms with van der Waals surface area (Å²) < 4.78 is 49.3. The molecule has 0 aromatic carbocycles. The van der Waals surface area contributed by atoms with E-state index in [1.54, 1.807) is 0 Å². The summed E-state index contributed by atoms with van der Waals surface area (Å²) in [5, 5.41) is 11.2. The van der Waals surface area contributed by atoms with Crippen LogP contribution in [0.2, 0.25) is 0 Å². The van der Waals surface area contributed by atoms with Crippen LogP contribution in [0.3, 0.4) is 0 Å². The molecule has 3 aliphatic rings.